The summed E-state index contributed by atoms with van der Waals surface area (Å²) in [7, 11) is 0. The lowest BCUT2D eigenvalue weighted by Gasteiger charge is -2.19. The van der Waals surface area contributed by atoms with E-state index < -0.39 is 0 Å². The Morgan fingerprint density at radius 3 is 2.58 bits per heavy atom. The Morgan fingerprint density at radius 2 is 1.92 bits per heavy atom. The first-order chi connectivity index (χ1) is 10.7. The van der Waals surface area contributed by atoms with Crippen LogP contribution in [0.4, 0.5) is 5.69 Å². The quantitative estimate of drug-likeness (QED) is 0.833. The standard InChI is InChI=1S/C18H27N3O.2ClH/c19-17-8-4-5-15(17)11-18(22)20-12-14-9-10-21(13-14)16-6-2-1-3-7-16;;/h1-3,6-7,14-15,17H,4-5,8-13,19H2,(H,20,22);2*1H/t14?,15-,17+;;/m0../s1. The molecule has 1 aliphatic heterocycles. The smallest absolute Gasteiger partial charge is 0.220 e. The van der Waals surface area contributed by atoms with Crippen molar-refractivity contribution in [2.75, 3.05) is 24.5 Å². The van der Waals surface area contributed by atoms with Crippen molar-refractivity contribution in [2.24, 2.45) is 17.6 Å². The Balaban J connectivity index is 0.00000144. The average molecular weight is 374 g/mol. The maximum absolute atomic E-state index is 12.1. The summed E-state index contributed by atoms with van der Waals surface area (Å²) < 4.78 is 0. The normalized spacial score (nSPS) is 25.7. The van der Waals surface area contributed by atoms with Gasteiger partial charge in [0.15, 0.2) is 0 Å². The molecule has 0 spiro atoms. The Kier molecular flexibility index (Phi) is 8.88. The molecular formula is C18H29Cl2N3O. The number of nitrogens with one attached hydrogen (secondary N) is 1. The molecule has 1 amide bonds. The van der Waals surface area contributed by atoms with Gasteiger partial charge in [-0.05, 0) is 43.2 Å². The number of amides is 1. The number of carbonyl (C=O) groups excluding carboxylic acids is 1. The second kappa shape index (κ2) is 10.1. The molecule has 1 aliphatic carbocycles. The number of benzene rings is 1. The maximum atomic E-state index is 12.1. The van der Waals surface area contributed by atoms with Gasteiger partial charge in [0.1, 0.15) is 0 Å². The SMILES string of the molecule is Cl.Cl.N[C@@H]1CCC[C@H]1CC(=O)NCC1CCN(c2ccccc2)C1. The van der Waals surface area contributed by atoms with E-state index in [-0.39, 0.29) is 36.8 Å². The predicted molar refractivity (Wildman–Crippen MR) is 104 cm³/mol. The highest BCUT2D eigenvalue weighted by atomic mass is 35.5. The second-order valence-electron chi connectivity index (χ2n) is 6.80. The van der Waals surface area contributed by atoms with Crippen molar-refractivity contribution in [2.45, 2.75) is 38.1 Å². The zero-order valence-electron chi connectivity index (χ0n) is 14.0. The van der Waals surface area contributed by atoms with Crippen molar-refractivity contribution < 1.29 is 4.79 Å². The molecule has 3 rings (SSSR count). The van der Waals surface area contributed by atoms with Crippen LogP contribution in [0.5, 0.6) is 0 Å². The van der Waals surface area contributed by atoms with Crippen LogP contribution in [0.15, 0.2) is 30.3 Å². The third kappa shape index (κ3) is 5.54. The van der Waals surface area contributed by atoms with Crippen LogP contribution < -0.4 is 16.0 Å². The maximum Gasteiger partial charge on any atom is 0.220 e. The molecule has 0 bridgehead atoms. The fourth-order valence-corrected chi connectivity index (χ4v) is 3.76. The fraction of sp³-hybridized carbons (Fsp3) is 0.611. The summed E-state index contributed by atoms with van der Waals surface area (Å²) in [5.74, 6) is 1.13. The molecule has 24 heavy (non-hydrogen) atoms. The minimum absolute atomic E-state index is 0. The van der Waals surface area contributed by atoms with Crippen LogP contribution in [0, 0.1) is 11.8 Å². The van der Waals surface area contributed by atoms with E-state index in [1.807, 2.05) is 6.07 Å². The van der Waals surface area contributed by atoms with Crippen molar-refractivity contribution in [3.8, 4) is 0 Å². The largest absolute Gasteiger partial charge is 0.371 e. The minimum Gasteiger partial charge on any atom is -0.371 e. The number of halogens is 2. The Bertz CT molecular complexity index is 500. The van der Waals surface area contributed by atoms with Gasteiger partial charge < -0.3 is 16.0 Å². The number of hydrogen-bond acceptors (Lipinski definition) is 3. The van der Waals surface area contributed by atoms with Crippen molar-refractivity contribution in [1.82, 2.24) is 5.32 Å². The molecule has 3 N–H and O–H groups in total. The first kappa shape index (κ1) is 21.1. The number of hydrogen-bond donors (Lipinski definition) is 2. The van der Waals surface area contributed by atoms with Crippen LogP contribution in [-0.4, -0.2) is 31.6 Å². The zero-order chi connectivity index (χ0) is 15.4. The van der Waals surface area contributed by atoms with Crippen LogP contribution in [0.25, 0.3) is 0 Å². The van der Waals surface area contributed by atoms with Crippen LogP contribution in [-0.2, 0) is 4.79 Å². The molecule has 3 atom stereocenters. The van der Waals surface area contributed by atoms with Gasteiger partial charge in [0, 0.05) is 37.8 Å². The van der Waals surface area contributed by atoms with Gasteiger partial charge in [-0.1, -0.05) is 24.6 Å². The predicted octanol–water partition coefficient (Wildman–Crippen LogP) is 2.99. The Morgan fingerprint density at radius 1 is 1.17 bits per heavy atom. The van der Waals surface area contributed by atoms with E-state index in [4.69, 9.17) is 5.73 Å². The highest BCUT2D eigenvalue weighted by molar-refractivity contribution is 5.85. The number of para-hydroxylation sites is 1. The number of rotatable bonds is 5. The first-order valence-electron chi connectivity index (χ1n) is 8.54. The van der Waals surface area contributed by atoms with Crippen LogP contribution >= 0.6 is 24.8 Å². The molecule has 2 aliphatic rings. The first-order valence-corrected chi connectivity index (χ1v) is 8.54. The highest BCUT2D eigenvalue weighted by Gasteiger charge is 2.27. The molecule has 2 fully saturated rings. The molecule has 1 unspecified atom stereocenters. The number of nitrogens with two attached hydrogens (primary N) is 1. The van der Waals surface area contributed by atoms with E-state index in [0.29, 0.717) is 18.3 Å². The summed E-state index contributed by atoms with van der Waals surface area (Å²) in [5, 5.41) is 3.12. The van der Waals surface area contributed by atoms with E-state index in [9.17, 15) is 4.79 Å². The molecule has 0 aromatic heterocycles. The fourth-order valence-electron chi connectivity index (χ4n) is 3.76. The lowest BCUT2D eigenvalue weighted by molar-refractivity contribution is -0.122. The van der Waals surface area contributed by atoms with Crippen LogP contribution in [0.1, 0.15) is 32.1 Å². The summed E-state index contributed by atoms with van der Waals surface area (Å²) in [6.45, 7) is 2.91. The van der Waals surface area contributed by atoms with Gasteiger partial charge in [-0.25, -0.2) is 0 Å². The molecule has 4 nitrogen and oxygen atoms in total. The van der Waals surface area contributed by atoms with E-state index in [0.717, 1.165) is 38.9 Å². The van der Waals surface area contributed by atoms with Crippen molar-refractivity contribution in [1.29, 1.82) is 0 Å². The van der Waals surface area contributed by atoms with Gasteiger partial charge in [-0.3, -0.25) is 4.79 Å². The number of nitrogens with zero attached hydrogens (tertiary/aromatic N) is 1. The van der Waals surface area contributed by atoms with E-state index >= 15 is 0 Å². The molecule has 1 aromatic rings. The average Bonchev–Trinajstić information content (AvgIpc) is 3.16. The van der Waals surface area contributed by atoms with Crippen LogP contribution in [0.2, 0.25) is 0 Å². The molecule has 136 valence electrons. The van der Waals surface area contributed by atoms with Gasteiger partial charge >= 0.3 is 0 Å². The molecule has 1 saturated heterocycles. The molecule has 1 heterocycles. The van der Waals surface area contributed by atoms with Crippen molar-refractivity contribution >= 4 is 36.4 Å². The van der Waals surface area contributed by atoms with Gasteiger partial charge in [0.25, 0.3) is 0 Å². The van der Waals surface area contributed by atoms with Crippen molar-refractivity contribution in [3.63, 3.8) is 0 Å². The minimum atomic E-state index is 0. The van der Waals surface area contributed by atoms with Gasteiger partial charge in [0.2, 0.25) is 5.91 Å². The van der Waals surface area contributed by atoms with Crippen molar-refractivity contribution in [3.05, 3.63) is 30.3 Å². The molecule has 0 radical (unpaired) electrons. The third-order valence-electron chi connectivity index (χ3n) is 5.16. The Hall–Kier alpha value is -0.970. The molecular weight excluding hydrogens is 345 g/mol. The highest BCUT2D eigenvalue weighted by Crippen LogP contribution is 2.27. The zero-order valence-corrected chi connectivity index (χ0v) is 15.7. The third-order valence-corrected chi connectivity index (χ3v) is 5.16. The molecule has 6 heteroatoms. The van der Waals surface area contributed by atoms with Gasteiger partial charge in [-0.15, -0.1) is 24.8 Å². The monoisotopic (exact) mass is 373 g/mol. The van der Waals surface area contributed by atoms with E-state index in [2.05, 4.69) is 34.5 Å². The van der Waals surface area contributed by atoms with Gasteiger partial charge in [-0.2, -0.15) is 0 Å². The lowest BCUT2D eigenvalue weighted by atomic mass is 9.99. The molecule has 1 aromatic carbocycles. The van der Waals surface area contributed by atoms with Crippen LogP contribution in [0.3, 0.4) is 0 Å². The summed E-state index contributed by atoms with van der Waals surface area (Å²) in [4.78, 5) is 14.5. The molecule has 1 saturated carbocycles. The lowest BCUT2D eigenvalue weighted by Crippen LogP contribution is -2.34. The topological polar surface area (TPSA) is 58.4 Å². The van der Waals surface area contributed by atoms with Gasteiger partial charge in [0.05, 0.1) is 0 Å². The summed E-state index contributed by atoms with van der Waals surface area (Å²) in [6, 6.07) is 10.7. The second-order valence-corrected chi connectivity index (χ2v) is 6.80. The van der Waals surface area contributed by atoms with E-state index in [1.165, 1.54) is 12.1 Å². The summed E-state index contributed by atoms with van der Waals surface area (Å²) in [5.41, 5.74) is 7.33. The number of carbonyl (C=O) groups is 1. The number of anilines is 1. The summed E-state index contributed by atoms with van der Waals surface area (Å²) >= 11 is 0. The van der Waals surface area contributed by atoms with E-state index in [1.54, 1.807) is 0 Å². The Labute approximate surface area is 157 Å². The summed E-state index contributed by atoms with van der Waals surface area (Å²) in [6.07, 6.45) is 5.12.